The molecule has 0 bridgehead atoms. The van der Waals surface area contributed by atoms with Crippen LogP contribution in [0, 0.1) is 12.7 Å². The van der Waals surface area contributed by atoms with E-state index in [1.807, 2.05) is 6.92 Å². The van der Waals surface area contributed by atoms with E-state index in [0.717, 1.165) is 11.6 Å². The van der Waals surface area contributed by atoms with Crippen LogP contribution in [-0.2, 0) is 0 Å². The van der Waals surface area contributed by atoms with Gasteiger partial charge in [0.15, 0.2) is 5.84 Å². The number of benzene rings is 2. The number of halogens is 1. The van der Waals surface area contributed by atoms with E-state index >= 15 is 0 Å². The maximum absolute atomic E-state index is 14.4. The fourth-order valence-corrected chi connectivity index (χ4v) is 2.78. The number of pyridine rings is 1. The van der Waals surface area contributed by atoms with Gasteiger partial charge in [-0.05, 0) is 48.9 Å². The number of carbonyl (C=O) groups is 2. The van der Waals surface area contributed by atoms with Crippen molar-refractivity contribution in [1.29, 1.82) is 0 Å². The van der Waals surface area contributed by atoms with Gasteiger partial charge in [-0.2, -0.15) is 0 Å². The smallest absolute Gasteiger partial charge is 0.259 e. The highest BCUT2D eigenvalue weighted by Gasteiger charge is 2.19. The maximum Gasteiger partial charge on any atom is 0.259 e. The van der Waals surface area contributed by atoms with E-state index in [-0.39, 0.29) is 28.2 Å². The predicted molar refractivity (Wildman–Crippen MR) is 117 cm³/mol. The Morgan fingerprint density at radius 1 is 1.06 bits per heavy atom. The first kappa shape index (κ1) is 22.2. The van der Waals surface area contributed by atoms with Crippen LogP contribution in [0.3, 0.4) is 0 Å². The van der Waals surface area contributed by atoms with Gasteiger partial charge in [0.2, 0.25) is 0 Å². The minimum Gasteiger partial charge on any atom is -0.497 e. The second-order valence-corrected chi connectivity index (χ2v) is 6.72. The van der Waals surface area contributed by atoms with Gasteiger partial charge in [0.25, 0.3) is 11.8 Å². The molecule has 32 heavy (non-hydrogen) atoms. The lowest BCUT2D eigenvalue weighted by molar-refractivity contribution is 0.102. The molecule has 0 saturated carbocycles. The first-order valence-corrected chi connectivity index (χ1v) is 9.33. The highest BCUT2D eigenvalue weighted by Crippen LogP contribution is 2.24. The van der Waals surface area contributed by atoms with Gasteiger partial charge in [0.1, 0.15) is 17.4 Å². The number of hydrogen-bond acceptors (Lipinski definition) is 6. The van der Waals surface area contributed by atoms with Gasteiger partial charge in [-0.15, -0.1) is 0 Å². The standard InChI is InChI=1S/C22H20FN5O4/c1-12-3-8-19(25-11-12)27-22(30)16-10-14(32-2)5-7-18(16)26-21(29)15-6-4-13(9-17(15)23)20(24)28-31/h3-11,31H,1-2H3,(H2,24,28)(H,26,29)(H,25,27,30). The normalized spacial score (nSPS) is 11.0. The number of rotatable bonds is 6. The van der Waals surface area contributed by atoms with E-state index < -0.39 is 17.6 Å². The van der Waals surface area contributed by atoms with Gasteiger partial charge in [-0.3, -0.25) is 9.59 Å². The molecule has 10 heteroatoms. The summed E-state index contributed by atoms with van der Waals surface area (Å²) in [6, 6.07) is 11.4. The minimum atomic E-state index is -0.880. The third-order valence-electron chi connectivity index (χ3n) is 4.49. The van der Waals surface area contributed by atoms with Crippen LogP contribution in [0.5, 0.6) is 5.75 Å². The molecular formula is C22H20FN5O4. The average Bonchev–Trinajstić information content (AvgIpc) is 2.80. The van der Waals surface area contributed by atoms with Crippen LogP contribution in [0.25, 0.3) is 0 Å². The number of aromatic nitrogens is 1. The Bertz CT molecular complexity index is 1200. The third-order valence-corrected chi connectivity index (χ3v) is 4.49. The molecule has 1 aromatic heterocycles. The number of carbonyl (C=O) groups excluding carboxylic acids is 2. The molecule has 0 aliphatic rings. The van der Waals surface area contributed by atoms with E-state index in [0.29, 0.717) is 11.6 Å². The number of nitrogens with zero attached hydrogens (tertiary/aromatic N) is 2. The number of anilines is 2. The SMILES string of the molecule is COc1ccc(NC(=O)c2ccc(/C(N)=N/O)cc2F)c(C(=O)Nc2ccc(C)cn2)c1. The minimum absolute atomic E-state index is 0.0914. The number of oxime groups is 1. The van der Waals surface area contributed by atoms with Crippen LogP contribution in [0.15, 0.2) is 59.9 Å². The van der Waals surface area contributed by atoms with Crippen molar-refractivity contribution in [2.75, 3.05) is 17.7 Å². The fraction of sp³-hybridized carbons (Fsp3) is 0.0909. The summed E-state index contributed by atoms with van der Waals surface area (Å²) >= 11 is 0. The van der Waals surface area contributed by atoms with Crippen LogP contribution < -0.4 is 21.1 Å². The van der Waals surface area contributed by atoms with Gasteiger partial charge in [-0.1, -0.05) is 17.3 Å². The van der Waals surface area contributed by atoms with Gasteiger partial charge in [-0.25, -0.2) is 9.37 Å². The molecule has 1 heterocycles. The summed E-state index contributed by atoms with van der Waals surface area (Å²) in [4.78, 5) is 29.6. The van der Waals surface area contributed by atoms with Crippen molar-refractivity contribution in [3.05, 3.63) is 82.8 Å². The zero-order valence-electron chi connectivity index (χ0n) is 17.2. The molecule has 5 N–H and O–H groups in total. The molecular weight excluding hydrogens is 417 g/mol. The molecule has 0 aliphatic heterocycles. The Kier molecular flexibility index (Phi) is 6.64. The number of amides is 2. The number of nitrogens with one attached hydrogen (secondary N) is 2. The van der Waals surface area contributed by atoms with E-state index in [1.165, 1.54) is 31.4 Å². The van der Waals surface area contributed by atoms with Gasteiger partial charge < -0.3 is 26.3 Å². The van der Waals surface area contributed by atoms with E-state index in [4.69, 9.17) is 15.7 Å². The molecule has 9 nitrogen and oxygen atoms in total. The lowest BCUT2D eigenvalue weighted by Crippen LogP contribution is -2.20. The highest BCUT2D eigenvalue weighted by atomic mass is 19.1. The van der Waals surface area contributed by atoms with E-state index in [1.54, 1.807) is 24.4 Å². The second-order valence-electron chi connectivity index (χ2n) is 6.72. The largest absolute Gasteiger partial charge is 0.497 e. The van der Waals surface area contributed by atoms with Crippen molar-refractivity contribution < 1.29 is 23.9 Å². The molecule has 3 rings (SSSR count). The number of hydrogen-bond donors (Lipinski definition) is 4. The molecule has 0 unspecified atom stereocenters. The first-order valence-electron chi connectivity index (χ1n) is 9.33. The molecule has 0 aliphatic carbocycles. The zero-order valence-corrected chi connectivity index (χ0v) is 17.2. The summed E-state index contributed by atoms with van der Waals surface area (Å²) in [6.07, 6.45) is 1.60. The Labute approximate surface area is 182 Å². The summed E-state index contributed by atoms with van der Waals surface area (Å²) in [7, 11) is 1.44. The maximum atomic E-state index is 14.4. The predicted octanol–water partition coefficient (Wildman–Crippen LogP) is 3.14. The van der Waals surface area contributed by atoms with Gasteiger partial charge in [0, 0.05) is 11.8 Å². The molecule has 2 aromatic carbocycles. The van der Waals surface area contributed by atoms with Crippen molar-refractivity contribution in [3.63, 3.8) is 0 Å². The molecule has 0 saturated heterocycles. The number of aryl methyl sites for hydroxylation is 1. The summed E-state index contributed by atoms with van der Waals surface area (Å²) in [5, 5.41) is 16.7. The summed E-state index contributed by atoms with van der Waals surface area (Å²) in [5.74, 6) is -1.80. The summed E-state index contributed by atoms with van der Waals surface area (Å²) in [6.45, 7) is 1.87. The fourth-order valence-electron chi connectivity index (χ4n) is 2.78. The van der Waals surface area contributed by atoms with Crippen LogP contribution >= 0.6 is 0 Å². The highest BCUT2D eigenvalue weighted by molar-refractivity contribution is 6.12. The van der Waals surface area contributed by atoms with Gasteiger partial charge >= 0.3 is 0 Å². The van der Waals surface area contributed by atoms with Crippen molar-refractivity contribution in [3.8, 4) is 5.75 Å². The molecule has 0 fully saturated rings. The Morgan fingerprint density at radius 2 is 1.81 bits per heavy atom. The van der Waals surface area contributed by atoms with Crippen LogP contribution in [0.2, 0.25) is 0 Å². The molecule has 2 amide bonds. The van der Waals surface area contributed by atoms with E-state index in [9.17, 15) is 14.0 Å². The van der Waals surface area contributed by atoms with E-state index in [2.05, 4.69) is 20.8 Å². The molecule has 0 radical (unpaired) electrons. The molecule has 0 spiro atoms. The van der Waals surface area contributed by atoms with Crippen LogP contribution in [-0.4, -0.2) is 35.0 Å². The Hall–Kier alpha value is -4.47. The number of nitrogens with two attached hydrogens (primary N) is 1. The van der Waals surface area contributed by atoms with Crippen molar-refractivity contribution >= 4 is 29.2 Å². The topological polar surface area (TPSA) is 139 Å². The van der Waals surface area contributed by atoms with Crippen molar-refractivity contribution in [1.82, 2.24) is 4.98 Å². The first-order chi connectivity index (χ1) is 15.3. The average molecular weight is 437 g/mol. The number of ether oxygens (including phenoxy) is 1. The number of methoxy groups -OCH3 is 1. The Balaban J connectivity index is 1.88. The quantitative estimate of drug-likeness (QED) is 0.202. The van der Waals surface area contributed by atoms with Crippen LogP contribution in [0.1, 0.15) is 31.8 Å². The lowest BCUT2D eigenvalue weighted by atomic mass is 10.1. The Morgan fingerprint density at radius 3 is 2.44 bits per heavy atom. The summed E-state index contributed by atoms with van der Waals surface area (Å²) in [5.41, 5.74) is 6.41. The number of amidine groups is 1. The van der Waals surface area contributed by atoms with Crippen LogP contribution in [0.4, 0.5) is 15.9 Å². The lowest BCUT2D eigenvalue weighted by Gasteiger charge is -2.13. The van der Waals surface area contributed by atoms with Crippen molar-refractivity contribution in [2.45, 2.75) is 6.92 Å². The molecule has 3 aromatic rings. The zero-order chi connectivity index (χ0) is 23.3. The summed E-state index contributed by atoms with van der Waals surface area (Å²) < 4.78 is 19.6. The molecule has 0 atom stereocenters. The third kappa shape index (κ3) is 4.98. The van der Waals surface area contributed by atoms with Crippen molar-refractivity contribution in [2.24, 2.45) is 10.9 Å². The monoisotopic (exact) mass is 437 g/mol. The molecule has 164 valence electrons. The van der Waals surface area contributed by atoms with Gasteiger partial charge in [0.05, 0.1) is 23.9 Å². The second kappa shape index (κ2) is 9.56.